The Morgan fingerprint density at radius 3 is 2.69 bits per heavy atom. The molecule has 0 aliphatic rings. The maximum Gasteiger partial charge on any atom is 0.242 e. The number of carbonyl (C=O) groups is 1. The summed E-state index contributed by atoms with van der Waals surface area (Å²) >= 11 is 0. The fraction of sp³-hybridized carbons (Fsp3) is 0.182. The molecule has 2 rings (SSSR count). The van der Waals surface area contributed by atoms with Crippen LogP contribution in [-0.4, -0.2) is 20.9 Å². The van der Waals surface area contributed by atoms with Crippen molar-refractivity contribution >= 4 is 5.91 Å². The standard InChI is InChI=1S/C11H12N4O/c12-11(16)10(15-7-6-13-14-15)8-9-4-2-1-3-5-9/h1-7,10H,8H2,(H2,12,16). The van der Waals surface area contributed by atoms with Gasteiger partial charge < -0.3 is 5.73 Å². The Morgan fingerprint density at radius 2 is 2.12 bits per heavy atom. The monoisotopic (exact) mass is 216 g/mol. The van der Waals surface area contributed by atoms with E-state index in [9.17, 15) is 4.79 Å². The minimum absolute atomic E-state index is 0.408. The Bertz CT molecular complexity index is 452. The number of rotatable bonds is 4. The molecule has 0 fully saturated rings. The van der Waals surface area contributed by atoms with E-state index >= 15 is 0 Å². The van der Waals surface area contributed by atoms with Crippen molar-refractivity contribution < 1.29 is 4.79 Å². The fourth-order valence-corrected chi connectivity index (χ4v) is 1.55. The molecule has 1 aromatic heterocycles. The summed E-state index contributed by atoms with van der Waals surface area (Å²) in [5, 5.41) is 7.47. The molecule has 2 aromatic rings. The van der Waals surface area contributed by atoms with Gasteiger partial charge in [-0.15, -0.1) is 5.10 Å². The lowest BCUT2D eigenvalue weighted by Gasteiger charge is -2.12. The lowest BCUT2D eigenvalue weighted by Crippen LogP contribution is -2.28. The molecule has 0 saturated heterocycles. The molecule has 5 nitrogen and oxygen atoms in total. The van der Waals surface area contributed by atoms with Crippen molar-refractivity contribution in [3.8, 4) is 0 Å². The second kappa shape index (κ2) is 4.57. The van der Waals surface area contributed by atoms with Crippen molar-refractivity contribution in [2.75, 3.05) is 0 Å². The topological polar surface area (TPSA) is 73.8 Å². The van der Waals surface area contributed by atoms with Gasteiger partial charge in [-0.05, 0) is 5.56 Å². The highest BCUT2D eigenvalue weighted by atomic mass is 16.1. The number of hydrogen-bond donors (Lipinski definition) is 1. The molecular formula is C11H12N4O. The molecule has 0 spiro atoms. The lowest BCUT2D eigenvalue weighted by molar-refractivity contribution is -0.121. The average molecular weight is 216 g/mol. The third-order valence-corrected chi connectivity index (χ3v) is 2.36. The number of nitrogens with zero attached hydrogens (tertiary/aromatic N) is 3. The van der Waals surface area contributed by atoms with Crippen molar-refractivity contribution in [2.45, 2.75) is 12.5 Å². The van der Waals surface area contributed by atoms with Gasteiger partial charge in [0.2, 0.25) is 5.91 Å². The van der Waals surface area contributed by atoms with Gasteiger partial charge in [0.15, 0.2) is 0 Å². The summed E-state index contributed by atoms with van der Waals surface area (Å²) in [6.07, 6.45) is 3.69. The third-order valence-electron chi connectivity index (χ3n) is 2.36. The molecule has 1 aromatic carbocycles. The Morgan fingerprint density at radius 1 is 1.38 bits per heavy atom. The highest BCUT2D eigenvalue weighted by Crippen LogP contribution is 2.12. The zero-order valence-electron chi connectivity index (χ0n) is 8.65. The number of benzene rings is 1. The van der Waals surface area contributed by atoms with Crippen LogP contribution in [0.1, 0.15) is 11.6 Å². The van der Waals surface area contributed by atoms with E-state index in [0.717, 1.165) is 5.56 Å². The minimum atomic E-state index is -0.482. The number of hydrogen-bond acceptors (Lipinski definition) is 3. The molecule has 1 amide bonds. The van der Waals surface area contributed by atoms with Gasteiger partial charge >= 0.3 is 0 Å². The molecule has 1 atom stereocenters. The second-order valence-corrected chi connectivity index (χ2v) is 3.49. The van der Waals surface area contributed by atoms with Gasteiger partial charge in [0, 0.05) is 12.6 Å². The zero-order chi connectivity index (χ0) is 11.4. The molecule has 0 radical (unpaired) electrons. The minimum Gasteiger partial charge on any atom is -0.368 e. The molecule has 1 heterocycles. The molecule has 5 heteroatoms. The Hall–Kier alpha value is -2.17. The number of aromatic nitrogens is 3. The second-order valence-electron chi connectivity index (χ2n) is 3.49. The first-order valence-electron chi connectivity index (χ1n) is 4.96. The van der Waals surface area contributed by atoms with Gasteiger partial charge in [0.1, 0.15) is 6.04 Å². The van der Waals surface area contributed by atoms with Crippen LogP contribution in [0.2, 0.25) is 0 Å². The molecule has 1 unspecified atom stereocenters. The Balaban J connectivity index is 2.19. The molecule has 0 saturated carbocycles. The van der Waals surface area contributed by atoms with E-state index in [2.05, 4.69) is 10.3 Å². The first-order chi connectivity index (χ1) is 7.77. The molecule has 0 bridgehead atoms. The fourth-order valence-electron chi connectivity index (χ4n) is 1.55. The molecule has 16 heavy (non-hydrogen) atoms. The van der Waals surface area contributed by atoms with Crippen LogP contribution in [-0.2, 0) is 11.2 Å². The van der Waals surface area contributed by atoms with Gasteiger partial charge in [0.05, 0.1) is 6.20 Å². The van der Waals surface area contributed by atoms with Crippen LogP contribution in [0.15, 0.2) is 42.7 Å². The van der Waals surface area contributed by atoms with Crippen molar-refractivity contribution in [1.29, 1.82) is 0 Å². The predicted octanol–water partition coefficient (Wildman–Crippen LogP) is 0.547. The van der Waals surface area contributed by atoms with Crippen molar-refractivity contribution in [1.82, 2.24) is 15.0 Å². The molecule has 82 valence electrons. The summed E-state index contributed by atoms with van der Waals surface area (Å²) in [6, 6.07) is 9.20. The Kier molecular flexibility index (Phi) is 2.95. The molecular weight excluding hydrogens is 204 g/mol. The van der Waals surface area contributed by atoms with Gasteiger partial charge in [-0.2, -0.15) is 0 Å². The van der Waals surface area contributed by atoms with E-state index in [0.29, 0.717) is 6.42 Å². The summed E-state index contributed by atoms with van der Waals surface area (Å²) in [5.74, 6) is -0.408. The Labute approximate surface area is 92.9 Å². The van der Waals surface area contributed by atoms with E-state index in [-0.39, 0.29) is 0 Å². The number of nitrogens with two attached hydrogens (primary N) is 1. The smallest absolute Gasteiger partial charge is 0.242 e. The SMILES string of the molecule is NC(=O)C(Cc1ccccc1)n1ccnn1. The first kappa shape index (κ1) is 10.4. The number of carbonyl (C=O) groups excluding carboxylic acids is 1. The molecule has 0 aliphatic heterocycles. The summed E-state index contributed by atoms with van der Waals surface area (Å²) < 4.78 is 1.48. The first-order valence-corrected chi connectivity index (χ1v) is 4.96. The van der Waals surface area contributed by atoms with E-state index in [1.165, 1.54) is 10.9 Å². The van der Waals surface area contributed by atoms with Crippen LogP contribution >= 0.6 is 0 Å². The number of amides is 1. The summed E-state index contributed by atoms with van der Waals surface area (Å²) in [4.78, 5) is 11.3. The van der Waals surface area contributed by atoms with E-state index < -0.39 is 11.9 Å². The maximum atomic E-state index is 11.3. The highest BCUT2D eigenvalue weighted by Gasteiger charge is 2.18. The number of primary amides is 1. The highest BCUT2D eigenvalue weighted by molar-refractivity contribution is 5.78. The van der Waals surface area contributed by atoms with Crippen LogP contribution in [0.3, 0.4) is 0 Å². The van der Waals surface area contributed by atoms with Crippen molar-refractivity contribution in [2.24, 2.45) is 5.73 Å². The maximum absolute atomic E-state index is 11.3. The third kappa shape index (κ3) is 2.25. The van der Waals surface area contributed by atoms with Crippen molar-refractivity contribution in [3.05, 3.63) is 48.3 Å². The summed E-state index contributed by atoms with van der Waals surface area (Å²) in [5.41, 5.74) is 6.39. The van der Waals surface area contributed by atoms with E-state index in [1.807, 2.05) is 30.3 Å². The van der Waals surface area contributed by atoms with Gasteiger partial charge in [-0.3, -0.25) is 4.79 Å². The van der Waals surface area contributed by atoms with E-state index in [1.54, 1.807) is 6.20 Å². The molecule has 0 aliphatic carbocycles. The zero-order valence-corrected chi connectivity index (χ0v) is 8.65. The van der Waals surface area contributed by atoms with Crippen LogP contribution in [0.25, 0.3) is 0 Å². The average Bonchev–Trinajstić information content (AvgIpc) is 2.80. The summed E-state index contributed by atoms with van der Waals surface area (Å²) in [7, 11) is 0. The van der Waals surface area contributed by atoms with Crippen molar-refractivity contribution in [3.63, 3.8) is 0 Å². The van der Waals surface area contributed by atoms with E-state index in [4.69, 9.17) is 5.73 Å². The quantitative estimate of drug-likeness (QED) is 0.810. The van der Waals surface area contributed by atoms with Crippen LogP contribution in [0.4, 0.5) is 0 Å². The molecule has 2 N–H and O–H groups in total. The van der Waals surface area contributed by atoms with Crippen LogP contribution < -0.4 is 5.73 Å². The predicted molar refractivity (Wildman–Crippen MR) is 58.4 cm³/mol. The van der Waals surface area contributed by atoms with Gasteiger partial charge in [-0.1, -0.05) is 35.5 Å². The largest absolute Gasteiger partial charge is 0.368 e. The summed E-state index contributed by atoms with van der Waals surface area (Å²) in [6.45, 7) is 0. The van der Waals surface area contributed by atoms with Crippen LogP contribution in [0.5, 0.6) is 0 Å². The normalized spacial score (nSPS) is 12.2. The van der Waals surface area contributed by atoms with Gasteiger partial charge in [-0.25, -0.2) is 4.68 Å². The van der Waals surface area contributed by atoms with Gasteiger partial charge in [0.25, 0.3) is 0 Å². The lowest BCUT2D eigenvalue weighted by atomic mass is 10.1. The van der Waals surface area contributed by atoms with Crippen LogP contribution in [0, 0.1) is 0 Å².